The van der Waals surface area contributed by atoms with Crippen molar-refractivity contribution in [3.63, 3.8) is 0 Å². The van der Waals surface area contributed by atoms with Gasteiger partial charge in [0.2, 0.25) is 6.79 Å². The number of anilines is 1. The van der Waals surface area contributed by atoms with Crippen LogP contribution < -0.4 is 14.4 Å². The number of nitrogens with zero attached hydrogens (tertiary/aromatic N) is 4. The van der Waals surface area contributed by atoms with Crippen molar-refractivity contribution < 1.29 is 26.9 Å². The third-order valence-corrected chi connectivity index (χ3v) is 8.78. The Hall–Kier alpha value is -4.26. The van der Waals surface area contributed by atoms with Gasteiger partial charge in [-0.3, -0.25) is 4.55 Å². The Kier molecular flexibility index (Phi) is 8.15. The van der Waals surface area contributed by atoms with E-state index in [4.69, 9.17) is 30.7 Å². The van der Waals surface area contributed by atoms with Crippen LogP contribution in [0.25, 0.3) is 22.1 Å². The molecule has 0 amide bonds. The molecule has 0 spiro atoms. The maximum absolute atomic E-state index is 10.5. The number of rotatable bonds is 5. The van der Waals surface area contributed by atoms with Crippen LogP contribution in [0, 0.1) is 6.92 Å². The average molecular weight is 619 g/mol. The molecule has 7 rings (SSSR count). The van der Waals surface area contributed by atoms with Crippen LogP contribution in [0.1, 0.15) is 17.5 Å². The number of ether oxygens (including phenoxy) is 2. The third-order valence-electron chi connectivity index (χ3n) is 7.45. The predicted octanol–water partition coefficient (Wildman–Crippen LogP) is 5.43. The molecule has 3 aromatic carbocycles. The first-order chi connectivity index (χ1) is 20.8. The number of aryl methyl sites for hydroxylation is 2. The first-order valence-electron chi connectivity index (χ1n) is 13.8. The summed E-state index contributed by atoms with van der Waals surface area (Å²) in [5, 5.41) is 1.02. The minimum Gasteiger partial charge on any atom is -0.454 e. The summed E-state index contributed by atoms with van der Waals surface area (Å²) in [6.45, 7) is 5.56. The highest BCUT2D eigenvalue weighted by Gasteiger charge is 2.24. The fourth-order valence-electron chi connectivity index (χ4n) is 5.12. The van der Waals surface area contributed by atoms with Gasteiger partial charge in [-0.05, 0) is 55.3 Å². The van der Waals surface area contributed by atoms with Crippen LogP contribution in [0.2, 0.25) is 0 Å². The van der Waals surface area contributed by atoms with E-state index >= 15 is 0 Å². The van der Waals surface area contributed by atoms with E-state index in [2.05, 4.69) is 31.9 Å². The van der Waals surface area contributed by atoms with Gasteiger partial charge in [-0.25, -0.2) is 9.97 Å². The van der Waals surface area contributed by atoms with E-state index < -0.39 is 10.1 Å². The maximum atomic E-state index is 10.5. The van der Waals surface area contributed by atoms with Crippen molar-refractivity contribution in [1.29, 1.82) is 0 Å². The number of hydrogen-bond acceptors (Lipinski definition) is 9. The lowest BCUT2D eigenvalue weighted by Gasteiger charge is -2.36. The molecular formula is C31H30N4O6S2. The van der Waals surface area contributed by atoms with E-state index in [-0.39, 0.29) is 4.90 Å². The standard InChI is InChI=1S/C24H22N4O3S.C7H8O3S/c32-21(8-6-16-5-7-19-20(13-16)30-15-29-19)27-9-11-28(12-10-27)24-23-22(25-14-26-24)17-3-1-2-4-18(17)31-23;1-6-2-4-7(5-3-6)11(8,9)10/h1-5,7,13-14H,6,8-12,15H2;2-5H,1H3,(H,8,9,10). The van der Waals surface area contributed by atoms with Gasteiger partial charge in [0.05, 0.1) is 9.88 Å². The Balaban J connectivity index is 0.000000254. The third kappa shape index (κ3) is 6.41. The van der Waals surface area contributed by atoms with Crippen LogP contribution in [0.5, 0.6) is 11.5 Å². The van der Waals surface area contributed by atoms with Crippen LogP contribution >= 0.6 is 12.2 Å². The molecule has 2 aliphatic heterocycles. The zero-order chi connectivity index (χ0) is 30.0. The first-order valence-corrected chi connectivity index (χ1v) is 15.7. The highest BCUT2D eigenvalue weighted by Crippen LogP contribution is 2.34. The first kappa shape index (κ1) is 28.8. The van der Waals surface area contributed by atoms with E-state index in [1.54, 1.807) is 18.5 Å². The number of piperazine rings is 1. The number of aromatic nitrogens is 2. The highest BCUT2D eigenvalue weighted by molar-refractivity contribution is 7.85. The van der Waals surface area contributed by atoms with Gasteiger partial charge in [0.1, 0.15) is 17.4 Å². The number of furan rings is 1. The Labute approximate surface area is 254 Å². The number of fused-ring (bicyclic) bond motifs is 4. The molecular weight excluding hydrogens is 588 g/mol. The van der Waals surface area contributed by atoms with E-state index in [0.29, 0.717) is 6.79 Å². The Morgan fingerprint density at radius 3 is 2.47 bits per heavy atom. The van der Waals surface area contributed by atoms with Crippen molar-refractivity contribution in [3.05, 3.63) is 84.2 Å². The van der Waals surface area contributed by atoms with E-state index in [1.165, 1.54) is 17.7 Å². The van der Waals surface area contributed by atoms with Crippen LogP contribution in [0.15, 0.2) is 82.4 Å². The minimum atomic E-state index is -4.02. The van der Waals surface area contributed by atoms with Gasteiger partial charge in [-0.1, -0.05) is 48.1 Å². The van der Waals surface area contributed by atoms with Crippen LogP contribution in [-0.2, 0) is 16.5 Å². The summed E-state index contributed by atoms with van der Waals surface area (Å²) in [6.07, 6.45) is 3.36. The van der Waals surface area contributed by atoms with Crippen molar-refractivity contribution in [2.75, 3.05) is 37.9 Å². The molecule has 0 atom stereocenters. The van der Waals surface area contributed by atoms with Gasteiger partial charge in [0, 0.05) is 38.0 Å². The summed E-state index contributed by atoms with van der Waals surface area (Å²) in [6, 6.07) is 20.1. The van der Waals surface area contributed by atoms with E-state index in [0.717, 1.165) is 89.0 Å². The van der Waals surface area contributed by atoms with Crippen LogP contribution in [0.4, 0.5) is 5.82 Å². The van der Waals surface area contributed by atoms with Gasteiger partial charge >= 0.3 is 0 Å². The minimum absolute atomic E-state index is 0.0666. The molecule has 4 heterocycles. The monoisotopic (exact) mass is 618 g/mol. The van der Waals surface area contributed by atoms with Crippen LogP contribution in [-0.4, -0.2) is 65.8 Å². The summed E-state index contributed by atoms with van der Waals surface area (Å²) in [5.41, 5.74) is 4.63. The van der Waals surface area contributed by atoms with Gasteiger partial charge in [0.25, 0.3) is 10.1 Å². The quantitative estimate of drug-likeness (QED) is 0.201. The molecule has 5 aromatic rings. The Bertz CT molecular complexity index is 1880. The molecule has 0 aliphatic carbocycles. The van der Waals surface area contributed by atoms with Crippen molar-refractivity contribution in [2.24, 2.45) is 0 Å². The molecule has 0 radical (unpaired) electrons. The second-order valence-corrected chi connectivity index (χ2v) is 12.2. The zero-order valence-electron chi connectivity index (χ0n) is 23.5. The summed E-state index contributed by atoms with van der Waals surface area (Å²) in [7, 11) is -4.02. The molecule has 0 unspecified atom stereocenters. The largest absolute Gasteiger partial charge is 0.454 e. The Morgan fingerprint density at radius 2 is 1.70 bits per heavy atom. The molecule has 10 nitrogen and oxygen atoms in total. The zero-order valence-corrected chi connectivity index (χ0v) is 25.1. The predicted molar refractivity (Wildman–Crippen MR) is 168 cm³/mol. The number of hydrogen-bond donors (Lipinski definition) is 1. The lowest BCUT2D eigenvalue weighted by molar-refractivity contribution is 0.174. The topological polar surface area (TPSA) is 118 Å². The van der Waals surface area contributed by atoms with Crippen molar-refractivity contribution in [2.45, 2.75) is 24.7 Å². The number of benzene rings is 3. The average Bonchev–Trinajstić information content (AvgIpc) is 3.64. The lowest BCUT2D eigenvalue weighted by Crippen LogP contribution is -2.48. The molecule has 12 heteroatoms. The second kappa shape index (κ2) is 12.2. The molecule has 0 bridgehead atoms. The van der Waals surface area contributed by atoms with Crippen molar-refractivity contribution in [1.82, 2.24) is 14.9 Å². The molecule has 0 saturated carbocycles. The summed E-state index contributed by atoms with van der Waals surface area (Å²) in [4.78, 5) is 14.5. The maximum Gasteiger partial charge on any atom is 0.294 e. The number of para-hydroxylation sites is 1. The molecule has 2 aromatic heterocycles. The molecule has 222 valence electrons. The van der Waals surface area contributed by atoms with Crippen molar-refractivity contribution in [3.8, 4) is 11.5 Å². The second-order valence-electron chi connectivity index (χ2n) is 10.3. The summed E-state index contributed by atoms with van der Waals surface area (Å²) >= 11 is 5.76. The molecule has 1 N–H and O–H groups in total. The highest BCUT2D eigenvalue weighted by atomic mass is 32.2. The van der Waals surface area contributed by atoms with Gasteiger partial charge in [-0.2, -0.15) is 8.42 Å². The normalized spacial score (nSPS) is 14.6. The van der Waals surface area contributed by atoms with Gasteiger partial charge in [0.15, 0.2) is 22.9 Å². The summed E-state index contributed by atoms with van der Waals surface area (Å²) < 4.78 is 46.5. The molecule has 1 saturated heterocycles. The molecule has 43 heavy (non-hydrogen) atoms. The smallest absolute Gasteiger partial charge is 0.294 e. The van der Waals surface area contributed by atoms with Crippen molar-refractivity contribution >= 4 is 55.2 Å². The van der Waals surface area contributed by atoms with Gasteiger partial charge in [-0.15, -0.1) is 0 Å². The molecule has 1 fully saturated rings. The van der Waals surface area contributed by atoms with E-state index in [9.17, 15) is 8.42 Å². The number of thiocarbonyl (C=S) groups is 1. The lowest BCUT2D eigenvalue weighted by atomic mass is 10.1. The van der Waals surface area contributed by atoms with Gasteiger partial charge < -0.3 is 23.7 Å². The SMILES string of the molecule is Cc1ccc(S(=O)(=O)O)cc1.S=C(CCc1ccc2c(c1)OCO2)N1CCN(c2ncnc3c2oc2ccccc23)CC1. The van der Waals surface area contributed by atoms with E-state index in [1.807, 2.05) is 37.3 Å². The Morgan fingerprint density at radius 1 is 0.953 bits per heavy atom. The fraction of sp³-hybridized carbons (Fsp3) is 0.258. The van der Waals surface area contributed by atoms with Crippen LogP contribution in [0.3, 0.4) is 0 Å². The fourth-order valence-corrected chi connectivity index (χ4v) is 5.89. The summed E-state index contributed by atoms with van der Waals surface area (Å²) in [5.74, 6) is 2.50. The molecule has 2 aliphatic rings.